The van der Waals surface area contributed by atoms with Crippen LogP contribution in [0.1, 0.15) is 16.5 Å². The van der Waals surface area contributed by atoms with Gasteiger partial charge in [-0.15, -0.1) is 0 Å². The maximum atomic E-state index is 10.9. The first-order valence-electron chi connectivity index (χ1n) is 4.24. The fourth-order valence-corrected chi connectivity index (χ4v) is 2.43. The predicted octanol–water partition coefficient (Wildman–Crippen LogP) is 0.442. The molecule has 1 unspecified atom stereocenters. The summed E-state index contributed by atoms with van der Waals surface area (Å²) < 4.78 is 21.8. The molecule has 1 N–H and O–H groups in total. The van der Waals surface area contributed by atoms with Gasteiger partial charge in [-0.1, -0.05) is 24.3 Å². The van der Waals surface area contributed by atoms with Crippen LogP contribution in [0.3, 0.4) is 0 Å². The van der Waals surface area contributed by atoms with Crippen molar-refractivity contribution in [1.29, 1.82) is 0 Å². The molecule has 0 aliphatic carbocycles. The lowest BCUT2D eigenvalue weighted by molar-refractivity contribution is 0.559. The summed E-state index contributed by atoms with van der Waals surface area (Å²) in [6.07, 6.45) is 0.913. The molecule has 0 aromatic heterocycles. The van der Waals surface area contributed by atoms with Gasteiger partial charge in [0.2, 0.25) is 0 Å². The van der Waals surface area contributed by atoms with Crippen LogP contribution < -0.4 is 5.32 Å². The van der Waals surface area contributed by atoms with Crippen LogP contribution >= 0.6 is 0 Å². The highest BCUT2D eigenvalue weighted by atomic mass is 32.2. The highest BCUT2D eigenvalue weighted by Gasteiger charge is 2.20. The second kappa shape index (κ2) is 3.47. The molecule has 1 aromatic carbocycles. The monoisotopic (exact) mass is 197 g/mol. The zero-order valence-electron chi connectivity index (χ0n) is 7.06. The summed E-state index contributed by atoms with van der Waals surface area (Å²) in [6.45, 7) is 0.741. The van der Waals surface area contributed by atoms with Gasteiger partial charge >= 0.3 is 0 Å². The van der Waals surface area contributed by atoms with Crippen molar-refractivity contribution in [3.63, 3.8) is 0 Å². The summed E-state index contributed by atoms with van der Waals surface area (Å²) >= 11 is 0. The summed E-state index contributed by atoms with van der Waals surface area (Å²) in [4.78, 5) is 0. The first-order chi connectivity index (χ1) is 6.29. The van der Waals surface area contributed by atoms with Gasteiger partial charge in [-0.25, -0.2) is 8.42 Å². The molecule has 1 aliphatic rings. The van der Waals surface area contributed by atoms with Crippen molar-refractivity contribution < 1.29 is 8.42 Å². The second-order valence-electron chi connectivity index (χ2n) is 3.09. The first kappa shape index (κ1) is 8.72. The molecule has 0 amide bonds. The topological polar surface area (TPSA) is 46.2 Å². The van der Waals surface area contributed by atoms with Crippen molar-refractivity contribution in [1.82, 2.24) is 5.32 Å². The Balaban J connectivity index is 2.48. The Labute approximate surface area is 78.7 Å². The van der Waals surface area contributed by atoms with Crippen LogP contribution in [-0.2, 0) is 17.1 Å². The Hall–Kier alpha value is -0.870. The molecule has 0 saturated carbocycles. The van der Waals surface area contributed by atoms with Crippen LogP contribution in [0.5, 0.6) is 0 Å². The van der Waals surface area contributed by atoms with E-state index in [0.29, 0.717) is 0 Å². The minimum Gasteiger partial charge on any atom is -0.297 e. The van der Waals surface area contributed by atoms with E-state index in [1.807, 2.05) is 24.3 Å². The summed E-state index contributed by atoms with van der Waals surface area (Å²) in [5.41, 5.74) is 2.05. The van der Waals surface area contributed by atoms with Crippen LogP contribution in [-0.4, -0.2) is 15.0 Å². The molecular formula is C9H11NO2S. The molecule has 1 aromatic rings. The van der Waals surface area contributed by atoms with E-state index < -0.39 is 16.1 Å². The van der Waals surface area contributed by atoms with Gasteiger partial charge in [0.05, 0.1) is 0 Å². The number of hydrogen-bond acceptors (Lipinski definition) is 3. The maximum Gasteiger partial charge on any atom is 0.160 e. The normalized spacial score (nSPS) is 21.5. The first-order valence-corrected chi connectivity index (χ1v) is 5.48. The van der Waals surface area contributed by atoms with Gasteiger partial charge in [0.25, 0.3) is 0 Å². The Morgan fingerprint density at radius 3 is 2.85 bits per heavy atom. The predicted molar refractivity (Wildman–Crippen MR) is 51.2 cm³/mol. The third kappa shape index (κ3) is 1.59. The molecule has 0 spiro atoms. The second-order valence-corrected chi connectivity index (χ2v) is 4.18. The van der Waals surface area contributed by atoms with Crippen molar-refractivity contribution in [3.05, 3.63) is 35.4 Å². The summed E-state index contributed by atoms with van der Waals surface area (Å²) in [6, 6.07) is 7.68. The summed E-state index contributed by atoms with van der Waals surface area (Å²) in [5.74, 6) is 0. The SMILES string of the molecule is O=[SH](=O)C1NCCc2ccccc21. The molecule has 0 saturated heterocycles. The lowest BCUT2D eigenvalue weighted by Crippen LogP contribution is -2.30. The van der Waals surface area contributed by atoms with E-state index in [9.17, 15) is 8.42 Å². The molecule has 0 fully saturated rings. The molecule has 70 valence electrons. The Kier molecular flexibility index (Phi) is 2.33. The van der Waals surface area contributed by atoms with E-state index >= 15 is 0 Å². The van der Waals surface area contributed by atoms with Gasteiger partial charge in [-0.3, -0.25) is 5.32 Å². The average Bonchev–Trinajstić information content (AvgIpc) is 2.17. The lowest BCUT2D eigenvalue weighted by atomic mass is 10.0. The smallest absolute Gasteiger partial charge is 0.160 e. The number of nitrogens with one attached hydrogen (secondary N) is 1. The molecule has 1 atom stereocenters. The Morgan fingerprint density at radius 1 is 1.31 bits per heavy atom. The molecule has 2 rings (SSSR count). The van der Waals surface area contributed by atoms with Crippen molar-refractivity contribution in [2.45, 2.75) is 11.8 Å². The van der Waals surface area contributed by atoms with Gasteiger partial charge < -0.3 is 0 Å². The summed E-state index contributed by atoms with van der Waals surface area (Å²) in [5, 5.41) is 2.49. The van der Waals surface area contributed by atoms with Crippen LogP contribution in [0, 0.1) is 0 Å². The lowest BCUT2D eigenvalue weighted by Gasteiger charge is -2.22. The van der Waals surface area contributed by atoms with Crippen molar-refractivity contribution >= 4 is 10.7 Å². The molecule has 1 heterocycles. The largest absolute Gasteiger partial charge is 0.297 e. The van der Waals surface area contributed by atoms with E-state index in [1.165, 1.54) is 0 Å². The molecule has 13 heavy (non-hydrogen) atoms. The maximum absolute atomic E-state index is 10.9. The van der Waals surface area contributed by atoms with Crippen LogP contribution in [0.25, 0.3) is 0 Å². The van der Waals surface area contributed by atoms with Gasteiger partial charge in [0.1, 0.15) is 5.37 Å². The number of fused-ring (bicyclic) bond motifs is 1. The van der Waals surface area contributed by atoms with Crippen LogP contribution in [0.4, 0.5) is 0 Å². The number of hydrogen-bond donors (Lipinski definition) is 2. The van der Waals surface area contributed by atoms with E-state index in [4.69, 9.17) is 0 Å². The fraction of sp³-hybridized carbons (Fsp3) is 0.333. The molecule has 1 aliphatic heterocycles. The van der Waals surface area contributed by atoms with E-state index in [-0.39, 0.29) is 0 Å². The quantitative estimate of drug-likeness (QED) is 0.642. The van der Waals surface area contributed by atoms with Gasteiger partial charge in [-0.05, 0) is 17.5 Å². The van der Waals surface area contributed by atoms with E-state index in [0.717, 1.165) is 24.1 Å². The van der Waals surface area contributed by atoms with Gasteiger partial charge in [0.15, 0.2) is 10.7 Å². The Bertz CT molecular complexity index is 379. The fourth-order valence-electron chi connectivity index (χ4n) is 1.67. The van der Waals surface area contributed by atoms with E-state index in [1.54, 1.807) is 0 Å². The molecule has 3 nitrogen and oxygen atoms in total. The highest BCUT2D eigenvalue weighted by Crippen LogP contribution is 2.22. The minimum absolute atomic E-state index is 0.486. The zero-order valence-corrected chi connectivity index (χ0v) is 7.96. The van der Waals surface area contributed by atoms with Crippen molar-refractivity contribution in [2.24, 2.45) is 0 Å². The van der Waals surface area contributed by atoms with Gasteiger partial charge in [0, 0.05) is 6.54 Å². The average molecular weight is 197 g/mol. The highest BCUT2D eigenvalue weighted by molar-refractivity contribution is 7.72. The van der Waals surface area contributed by atoms with E-state index in [2.05, 4.69) is 5.32 Å². The molecular weight excluding hydrogens is 186 g/mol. The third-order valence-electron chi connectivity index (χ3n) is 2.29. The van der Waals surface area contributed by atoms with Crippen LogP contribution in [0.2, 0.25) is 0 Å². The summed E-state index contributed by atoms with van der Waals surface area (Å²) in [7, 11) is -2.42. The molecule has 4 heteroatoms. The van der Waals surface area contributed by atoms with Crippen LogP contribution in [0.15, 0.2) is 24.3 Å². The van der Waals surface area contributed by atoms with Crippen molar-refractivity contribution in [2.75, 3.05) is 6.54 Å². The van der Waals surface area contributed by atoms with Crippen molar-refractivity contribution in [3.8, 4) is 0 Å². The number of benzene rings is 1. The molecule has 0 radical (unpaired) electrons. The molecule has 0 bridgehead atoms. The van der Waals surface area contributed by atoms with Gasteiger partial charge in [-0.2, -0.15) is 0 Å². The zero-order chi connectivity index (χ0) is 9.26. The number of thiol groups is 1. The Morgan fingerprint density at radius 2 is 2.08 bits per heavy atom. The minimum atomic E-state index is -2.42. The number of rotatable bonds is 1. The third-order valence-corrected chi connectivity index (χ3v) is 3.17. The standard InChI is InChI=1S/C9H11NO2S/c11-13(12)9-8-4-2-1-3-7(8)5-6-10-9/h1-4,9-10,13H,5-6H2.